The summed E-state index contributed by atoms with van der Waals surface area (Å²) >= 11 is 0. The average Bonchev–Trinajstić information content (AvgIpc) is 2.19. The molecule has 1 aromatic heterocycles. The van der Waals surface area contributed by atoms with Crippen LogP contribution < -0.4 is 10.5 Å². The van der Waals surface area contributed by atoms with E-state index in [1.807, 2.05) is 0 Å². The monoisotopic (exact) mass is 179 g/mol. The van der Waals surface area contributed by atoms with E-state index in [4.69, 9.17) is 10.5 Å². The molecule has 4 heteroatoms. The van der Waals surface area contributed by atoms with Gasteiger partial charge in [0.15, 0.2) is 0 Å². The zero-order valence-electron chi connectivity index (χ0n) is 7.44. The lowest BCUT2D eigenvalue weighted by atomic mass is 10.4. The van der Waals surface area contributed by atoms with E-state index in [1.165, 1.54) is 0 Å². The fraction of sp³-hybridized carbons (Fsp3) is 0.333. The Morgan fingerprint density at radius 3 is 2.85 bits per heavy atom. The van der Waals surface area contributed by atoms with Gasteiger partial charge in [-0.05, 0) is 6.42 Å². The fourth-order valence-corrected chi connectivity index (χ4v) is 0.770. The Morgan fingerprint density at radius 1 is 1.46 bits per heavy atom. The third kappa shape index (κ3) is 3.21. The van der Waals surface area contributed by atoms with E-state index in [1.54, 1.807) is 18.5 Å². The lowest BCUT2D eigenvalue weighted by Crippen LogP contribution is -2.02. The molecule has 0 bridgehead atoms. The van der Waals surface area contributed by atoms with E-state index in [0.29, 0.717) is 19.0 Å². The molecule has 13 heavy (non-hydrogen) atoms. The molecule has 0 atom stereocenters. The highest BCUT2D eigenvalue weighted by Gasteiger charge is 1.95. The number of ether oxygens (including phenoxy) is 1. The molecule has 0 amide bonds. The van der Waals surface area contributed by atoms with Gasteiger partial charge in [-0.15, -0.1) is 6.58 Å². The minimum Gasteiger partial charge on any atom is -0.476 e. The molecule has 0 fully saturated rings. The maximum atomic E-state index is 5.36. The molecule has 1 aromatic rings. The van der Waals surface area contributed by atoms with Gasteiger partial charge in [-0.3, -0.25) is 4.98 Å². The smallest absolute Gasteiger partial charge is 0.232 e. The summed E-state index contributed by atoms with van der Waals surface area (Å²) in [5.41, 5.74) is 6.13. The molecule has 0 saturated carbocycles. The van der Waals surface area contributed by atoms with Gasteiger partial charge in [-0.1, -0.05) is 6.08 Å². The number of rotatable bonds is 5. The van der Waals surface area contributed by atoms with Crippen molar-refractivity contribution < 1.29 is 4.74 Å². The van der Waals surface area contributed by atoms with Crippen LogP contribution in [0, 0.1) is 0 Å². The molecule has 0 aliphatic carbocycles. The minimum atomic E-state index is 0.403. The lowest BCUT2D eigenvalue weighted by molar-refractivity contribution is 0.310. The van der Waals surface area contributed by atoms with E-state index in [0.717, 1.165) is 12.1 Å². The third-order valence-electron chi connectivity index (χ3n) is 1.46. The Labute approximate surface area is 77.5 Å². The fourth-order valence-electron chi connectivity index (χ4n) is 0.770. The molecule has 2 N–H and O–H groups in total. The molecule has 0 radical (unpaired) electrons. The standard InChI is InChI=1S/C9H13N3O/c1-2-3-4-13-9-7-11-8(5-10)6-12-9/h2,6-7H,1,3-5,10H2. The Bertz CT molecular complexity index is 258. The highest BCUT2D eigenvalue weighted by atomic mass is 16.5. The minimum absolute atomic E-state index is 0.403. The number of nitrogens with zero attached hydrogens (tertiary/aromatic N) is 2. The van der Waals surface area contributed by atoms with Gasteiger partial charge in [-0.2, -0.15) is 0 Å². The van der Waals surface area contributed by atoms with Crippen LogP contribution in [-0.4, -0.2) is 16.6 Å². The predicted molar refractivity (Wildman–Crippen MR) is 50.2 cm³/mol. The van der Waals surface area contributed by atoms with Gasteiger partial charge in [0.25, 0.3) is 0 Å². The number of hydrogen-bond acceptors (Lipinski definition) is 4. The normalized spacial score (nSPS) is 9.62. The van der Waals surface area contributed by atoms with Crippen molar-refractivity contribution in [2.75, 3.05) is 6.61 Å². The van der Waals surface area contributed by atoms with Crippen molar-refractivity contribution in [3.05, 3.63) is 30.7 Å². The van der Waals surface area contributed by atoms with Crippen LogP contribution in [-0.2, 0) is 6.54 Å². The second kappa shape index (κ2) is 5.27. The number of hydrogen-bond donors (Lipinski definition) is 1. The van der Waals surface area contributed by atoms with Gasteiger partial charge in [-0.25, -0.2) is 4.98 Å². The molecule has 70 valence electrons. The van der Waals surface area contributed by atoms with Gasteiger partial charge in [0.1, 0.15) is 0 Å². The van der Waals surface area contributed by atoms with E-state index in [2.05, 4.69) is 16.5 Å². The van der Waals surface area contributed by atoms with Gasteiger partial charge in [0.05, 0.1) is 24.7 Å². The second-order valence-corrected chi connectivity index (χ2v) is 2.48. The summed E-state index contributed by atoms with van der Waals surface area (Å²) in [6, 6.07) is 0. The summed E-state index contributed by atoms with van der Waals surface area (Å²) in [5.74, 6) is 0.527. The summed E-state index contributed by atoms with van der Waals surface area (Å²) in [7, 11) is 0. The van der Waals surface area contributed by atoms with Crippen molar-refractivity contribution in [3.8, 4) is 5.88 Å². The maximum absolute atomic E-state index is 5.36. The topological polar surface area (TPSA) is 61.0 Å². The Morgan fingerprint density at radius 2 is 2.31 bits per heavy atom. The van der Waals surface area contributed by atoms with Crippen LogP contribution in [0.5, 0.6) is 5.88 Å². The molecular formula is C9H13N3O. The zero-order chi connectivity index (χ0) is 9.52. The van der Waals surface area contributed by atoms with Gasteiger partial charge in [0, 0.05) is 6.54 Å². The van der Waals surface area contributed by atoms with Crippen LogP contribution >= 0.6 is 0 Å². The van der Waals surface area contributed by atoms with E-state index in [9.17, 15) is 0 Å². The van der Waals surface area contributed by atoms with Crippen molar-refractivity contribution in [1.29, 1.82) is 0 Å². The highest BCUT2D eigenvalue weighted by Crippen LogP contribution is 2.03. The first kappa shape index (κ1) is 9.67. The lowest BCUT2D eigenvalue weighted by Gasteiger charge is -2.02. The first-order valence-electron chi connectivity index (χ1n) is 4.11. The Kier molecular flexibility index (Phi) is 3.92. The van der Waals surface area contributed by atoms with Crippen LogP contribution in [0.4, 0.5) is 0 Å². The van der Waals surface area contributed by atoms with Gasteiger partial charge < -0.3 is 10.5 Å². The SMILES string of the molecule is C=CCCOc1cnc(CN)cn1. The zero-order valence-corrected chi connectivity index (χ0v) is 7.44. The Balaban J connectivity index is 2.44. The first-order valence-corrected chi connectivity index (χ1v) is 4.11. The molecule has 0 aromatic carbocycles. The van der Waals surface area contributed by atoms with Crippen molar-refractivity contribution in [2.45, 2.75) is 13.0 Å². The average molecular weight is 179 g/mol. The van der Waals surface area contributed by atoms with Crippen molar-refractivity contribution in [3.63, 3.8) is 0 Å². The Hall–Kier alpha value is -1.42. The molecular weight excluding hydrogens is 166 g/mol. The molecule has 4 nitrogen and oxygen atoms in total. The summed E-state index contributed by atoms with van der Waals surface area (Å²) in [6.07, 6.45) is 5.79. The first-order chi connectivity index (χ1) is 6.36. The van der Waals surface area contributed by atoms with Crippen LogP contribution in [0.15, 0.2) is 25.0 Å². The van der Waals surface area contributed by atoms with Crippen molar-refractivity contribution in [1.82, 2.24) is 9.97 Å². The van der Waals surface area contributed by atoms with Crippen LogP contribution in [0.1, 0.15) is 12.1 Å². The van der Waals surface area contributed by atoms with Crippen LogP contribution in [0.2, 0.25) is 0 Å². The molecule has 0 unspecified atom stereocenters. The highest BCUT2D eigenvalue weighted by molar-refractivity contribution is 5.06. The van der Waals surface area contributed by atoms with Gasteiger partial charge >= 0.3 is 0 Å². The van der Waals surface area contributed by atoms with E-state index < -0.39 is 0 Å². The maximum Gasteiger partial charge on any atom is 0.232 e. The van der Waals surface area contributed by atoms with E-state index in [-0.39, 0.29) is 0 Å². The summed E-state index contributed by atoms with van der Waals surface area (Å²) < 4.78 is 5.26. The van der Waals surface area contributed by atoms with Crippen molar-refractivity contribution >= 4 is 0 Å². The van der Waals surface area contributed by atoms with E-state index >= 15 is 0 Å². The summed E-state index contributed by atoms with van der Waals surface area (Å²) in [4.78, 5) is 8.06. The summed E-state index contributed by atoms with van der Waals surface area (Å²) in [6.45, 7) is 4.57. The molecule has 0 spiro atoms. The third-order valence-corrected chi connectivity index (χ3v) is 1.46. The molecule has 0 saturated heterocycles. The molecule has 1 heterocycles. The number of aromatic nitrogens is 2. The van der Waals surface area contributed by atoms with Crippen molar-refractivity contribution in [2.24, 2.45) is 5.73 Å². The quantitative estimate of drug-likeness (QED) is 0.538. The largest absolute Gasteiger partial charge is 0.476 e. The van der Waals surface area contributed by atoms with Gasteiger partial charge in [0.2, 0.25) is 5.88 Å². The molecule has 1 rings (SSSR count). The summed E-state index contributed by atoms with van der Waals surface area (Å²) in [5, 5.41) is 0. The number of nitrogens with two attached hydrogens (primary N) is 1. The van der Waals surface area contributed by atoms with Crippen LogP contribution in [0.25, 0.3) is 0 Å². The predicted octanol–water partition coefficient (Wildman–Crippen LogP) is 0.890. The second-order valence-electron chi connectivity index (χ2n) is 2.48. The molecule has 0 aliphatic heterocycles. The van der Waals surface area contributed by atoms with Crippen LogP contribution in [0.3, 0.4) is 0 Å². The molecule has 0 aliphatic rings.